The summed E-state index contributed by atoms with van der Waals surface area (Å²) in [6.07, 6.45) is 0. The average Bonchev–Trinajstić information content (AvgIpc) is 2.18. The lowest BCUT2D eigenvalue weighted by Crippen LogP contribution is -2.19. The average molecular weight is 271 g/mol. The van der Waals surface area contributed by atoms with Gasteiger partial charge in [0.1, 0.15) is 0 Å². The zero-order valence-corrected chi connectivity index (χ0v) is 9.31. The zero-order valence-electron chi connectivity index (χ0n) is 7.72. The molecule has 2 aromatic rings. The lowest BCUT2D eigenvalue weighted by Gasteiger charge is -2.03. The highest BCUT2D eigenvalue weighted by Crippen LogP contribution is 2.21. The van der Waals surface area contributed by atoms with Gasteiger partial charge in [-0.3, -0.25) is 9.59 Å². The molecule has 0 saturated heterocycles. The molecule has 0 aliphatic carbocycles. The van der Waals surface area contributed by atoms with E-state index < -0.39 is 11.1 Å². The number of aromatic nitrogens is 3. The molecule has 2 heterocycles. The SMILES string of the molecule is Cc1[nH]c(=O)c2c(N)n[nH]c(=O)c2c1Br. The Morgan fingerprint density at radius 3 is 2.60 bits per heavy atom. The van der Waals surface area contributed by atoms with Crippen molar-refractivity contribution in [3.05, 3.63) is 30.9 Å². The molecule has 7 heteroatoms. The van der Waals surface area contributed by atoms with Gasteiger partial charge in [0.25, 0.3) is 11.1 Å². The minimum atomic E-state index is -0.444. The first kappa shape index (κ1) is 9.91. The smallest absolute Gasteiger partial charge is 0.273 e. The molecule has 6 nitrogen and oxygen atoms in total. The van der Waals surface area contributed by atoms with Gasteiger partial charge in [-0.1, -0.05) is 0 Å². The number of aryl methyl sites for hydroxylation is 1. The zero-order chi connectivity index (χ0) is 11.2. The predicted octanol–water partition coefficient (Wildman–Crippen LogP) is 0.265. The van der Waals surface area contributed by atoms with Crippen molar-refractivity contribution in [2.45, 2.75) is 6.92 Å². The van der Waals surface area contributed by atoms with Gasteiger partial charge in [0.2, 0.25) is 0 Å². The number of aromatic amines is 2. The fourth-order valence-electron chi connectivity index (χ4n) is 1.38. The number of nitrogens with zero attached hydrogens (tertiary/aromatic N) is 1. The van der Waals surface area contributed by atoms with Crippen molar-refractivity contribution in [3.8, 4) is 0 Å². The molecule has 2 aromatic heterocycles. The van der Waals surface area contributed by atoms with Crippen LogP contribution in [-0.2, 0) is 0 Å². The Balaban J connectivity index is 3.23. The molecule has 0 saturated carbocycles. The maximum absolute atomic E-state index is 11.6. The van der Waals surface area contributed by atoms with E-state index in [1.807, 2.05) is 0 Å². The van der Waals surface area contributed by atoms with E-state index in [2.05, 4.69) is 31.1 Å². The number of nitrogen functional groups attached to an aromatic ring is 1. The van der Waals surface area contributed by atoms with Crippen molar-refractivity contribution in [2.24, 2.45) is 0 Å². The highest BCUT2D eigenvalue weighted by atomic mass is 79.9. The molecule has 0 spiro atoms. The first-order chi connectivity index (χ1) is 7.02. The number of fused-ring (bicyclic) bond motifs is 1. The largest absolute Gasteiger partial charge is 0.382 e. The maximum atomic E-state index is 11.6. The van der Waals surface area contributed by atoms with Gasteiger partial charge in [0.05, 0.1) is 15.2 Å². The molecule has 0 aromatic carbocycles. The highest BCUT2D eigenvalue weighted by molar-refractivity contribution is 9.10. The molecule has 15 heavy (non-hydrogen) atoms. The third kappa shape index (κ3) is 1.35. The van der Waals surface area contributed by atoms with E-state index in [0.29, 0.717) is 10.2 Å². The van der Waals surface area contributed by atoms with Crippen LogP contribution in [0, 0.1) is 6.92 Å². The van der Waals surface area contributed by atoms with Crippen molar-refractivity contribution in [1.82, 2.24) is 15.2 Å². The third-order valence-corrected chi connectivity index (χ3v) is 3.08. The van der Waals surface area contributed by atoms with Crippen molar-refractivity contribution in [2.75, 3.05) is 5.73 Å². The monoisotopic (exact) mass is 270 g/mol. The summed E-state index contributed by atoms with van der Waals surface area (Å²) < 4.78 is 0.521. The standard InChI is InChI=1S/C8H7BrN4O2/c1-2-5(9)3-4(7(14)11-2)6(10)12-13-8(3)15/h1H3,(H2,10,12)(H,11,14)(H,13,15). The second kappa shape index (κ2) is 3.20. The molecule has 0 radical (unpaired) electrons. The fourth-order valence-corrected chi connectivity index (χ4v) is 1.86. The third-order valence-electron chi connectivity index (χ3n) is 2.09. The molecule has 0 atom stereocenters. The topological polar surface area (TPSA) is 105 Å². The Morgan fingerprint density at radius 1 is 1.27 bits per heavy atom. The van der Waals surface area contributed by atoms with Gasteiger partial charge in [-0.15, -0.1) is 0 Å². The number of anilines is 1. The Hall–Kier alpha value is -1.63. The van der Waals surface area contributed by atoms with E-state index in [0.717, 1.165) is 0 Å². The van der Waals surface area contributed by atoms with Crippen LogP contribution in [0.25, 0.3) is 10.8 Å². The molecule has 2 rings (SSSR count). The van der Waals surface area contributed by atoms with Crippen LogP contribution < -0.4 is 16.9 Å². The summed E-state index contributed by atoms with van der Waals surface area (Å²) in [5.41, 5.74) is 5.24. The molecular formula is C8H7BrN4O2. The van der Waals surface area contributed by atoms with Crippen LogP contribution in [0.5, 0.6) is 0 Å². The molecule has 0 bridgehead atoms. The van der Waals surface area contributed by atoms with E-state index in [1.165, 1.54) is 0 Å². The lowest BCUT2D eigenvalue weighted by molar-refractivity contribution is 1.01. The van der Waals surface area contributed by atoms with Crippen LogP contribution in [0.2, 0.25) is 0 Å². The van der Waals surface area contributed by atoms with E-state index in [1.54, 1.807) is 6.92 Å². The van der Waals surface area contributed by atoms with Crippen molar-refractivity contribution in [1.29, 1.82) is 0 Å². The van der Waals surface area contributed by atoms with E-state index in [9.17, 15) is 9.59 Å². The maximum Gasteiger partial charge on any atom is 0.273 e. The molecular weight excluding hydrogens is 264 g/mol. The molecule has 78 valence electrons. The number of H-pyrrole nitrogens is 2. The van der Waals surface area contributed by atoms with Crippen molar-refractivity contribution >= 4 is 32.5 Å². The van der Waals surface area contributed by atoms with Gasteiger partial charge in [0.15, 0.2) is 5.82 Å². The number of hydrogen-bond donors (Lipinski definition) is 3. The number of nitrogens with one attached hydrogen (secondary N) is 2. The number of nitrogens with two attached hydrogens (primary N) is 1. The quantitative estimate of drug-likeness (QED) is 0.639. The Morgan fingerprint density at radius 2 is 1.93 bits per heavy atom. The normalized spacial score (nSPS) is 10.8. The summed E-state index contributed by atoms with van der Waals surface area (Å²) >= 11 is 3.23. The van der Waals surface area contributed by atoms with Crippen molar-refractivity contribution < 1.29 is 0 Å². The predicted molar refractivity (Wildman–Crippen MR) is 59.8 cm³/mol. The summed E-state index contributed by atoms with van der Waals surface area (Å²) in [7, 11) is 0. The van der Waals surface area contributed by atoms with Gasteiger partial charge >= 0.3 is 0 Å². The molecule has 0 aliphatic heterocycles. The first-order valence-corrected chi connectivity index (χ1v) is 4.88. The number of halogens is 1. The summed E-state index contributed by atoms with van der Waals surface area (Å²) in [4.78, 5) is 25.6. The van der Waals surface area contributed by atoms with Gasteiger partial charge < -0.3 is 10.7 Å². The van der Waals surface area contributed by atoms with Crippen LogP contribution >= 0.6 is 15.9 Å². The summed E-state index contributed by atoms with van der Waals surface area (Å²) in [6.45, 7) is 1.68. The van der Waals surface area contributed by atoms with Crippen LogP contribution in [0.3, 0.4) is 0 Å². The molecule has 4 N–H and O–H groups in total. The minimum absolute atomic E-state index is 0.00606. The summed E-state index contributed by atoms with van der Waals surface area (Å²) in [5.74, 6) is 0.00606. The second-order valence-electron chi connectivity index (χ2n) is 3.08. The van der Waals surface area contributed by atoms with Gasteiger partial charge in [-0.25, -0.2) is 5.10 Å². The number of pyridine rings is 1. The van der Waals surface area contributed by atoms with Gasteiger partial charge in [-0.05, 0) is 22.9 Å². The van der Waals surface area contributed by atoms with Crippen LogP contribution in [-0.4, -0.2) is 15.2 Å². The Kier molecular flexibility index (Phi) is 2.11. The van der Waals surface area contributed by atoms with Crippen molar-refractivity contribution in [3.63, 3.8) is 0 Å². The highest BCUT2D eigenvalue weighted by Gasteiger charge is 2.13. The molecule has 0 fully saturated rings. The van der Waals surface area contributed by atoms with E-state index >= 15 is 0 Å². The van der Waals surface area contributed by atoms with Gasteiger partial charge in [-0.2, -0.15) is 5.10 Å². The second-order valence-corrected chi connectivity index (χ2v) is 3.87. The number of rotatable bonds is 0. The first-order valence-electron chi connectivity index (χ1n) is 4.08. The molecule has 0 aliphatic rings. The van der Waals surface area contributed by atoms with Gasteiger partial charge in [0, 0.05) is 5.69 Å². The van der Waals surface area contributed by atoms with Crippen LogP contribution in [0.1, 0.15) is 5.69 Å². The summed E-state index contributed by atoms with van der Waals surface area (Å²) in [6, 6.07) is 0. The molecule has 0 amide bonds. The van der Waals surface area contributed by atoms with E-state index in [-0.39, 0.29) is 16.6 Å². The van der Waals surface area contributed by atoms with E-state index in [4.69, 9.17) is 5.73 Å². The Labute approximate surface area is 91.6 Å². The Bertz CT molecular complexity index is 658. The lowest BCUT2D eigenvalue weighted by atomic mass is 10.2. The van der Waals surface area contributed by atoms with Crippen LogP contribution in [0.15, 0.2) is 14.1 Å². The molecule has 0 unspecified atom stereocenters. The minimum Gasteiger partial charge on any atom is -0.382 e. The summed E-state index contributed by atoms with van der Waals surface area (Å²) in [5, 5.41) is 6.10. The number of hydrogen-bond acceptors (Lipinski definition) is 4. The van der Waals surface area contributed by atoms with Crippen LogP contribution in [0.4, 0.5) is 5.82 Å². The fraction of sp³-hybridized carbons (Fsp3) is 0.125.